The Morgan fingerprint density at radius 3 is 2.76 bits per heavy atom. The zero-order valence-electron chi connectivity index (χ0n) is 12.5. The van der Waals surface area contributed by atoms with Gasteiger partial charge in [-0.2, -0.15) is 0 Å². The van der Waals surface area contributed by atoms with Crippen molar-refractivity contribution in [1.29, 1.82) is 0 Å². The van der Waals surface area contributed by atoms with Crippen LogP contribution in [-0.4, -0.2) is 35.1 Å². The van der Waals surface area contributed by atoms with Crippen molar-refractivity contribution in [3.8, 4) is 0 Å². The quantitative estimate of drug-likeness (QED) is 0.899. The molecule has 1 aromatic carbocycles. The van der Waals surface area contributed by atoms with Gasteiger partial charge in [-0.25, -0.2) is 4.79 Å². The van der Waals surface area contributed by atoms with Gasteiger partial charge in [0.05, 0.1) is 12.0 Å². The standard InChI is InChI=1S/C16H22N2O3/c1-11-6-3-4-8-14(11)12(2)17-16(21)18-9-5-7-13(10-18)15(19)20/h3-4,6,8,12-13H,5,7,9-10H2,1-2H3,(H,17,21)(H,19,20)/t12?,13-/m1/s1. The minimum Gasteiger partial charge on any atom is -0.481 e. The summed E-state index contributed by atoms with van der Waals surface area (Å²) in [6, 6.07) is 7.65. The molecular formula is C16H22N2O3. The second-order valence-electron chi connectivity index (χ2n) is 5.65. The number of rotatable bonds is 3. The number of likely N-dealkylation sites (tertiary alicyclic amines) is 1. The van der Waals surface area contributed by atoms with E-state index in [0.29, 0.717) is 19.5 Å². The van der Waals surface area contributed by atoms with Crippen LogP contribution in [0.1, 0.15) is 36.9 Å². The lowest BCUT2D eigenvalue weighted by Gasteiger charge is -2.32. The first kappa shape index (κ1) is 15.4. The maximum absolute atomic E-state index is 12.3. The molecule has 0 saturated carbocycles. The fraction of sp³-hybridized carbons (Fsp3) is 0.500. The predicted molar refractivity (Wildman–Crippen MR) is 80.1 cm³/mol. The summed E-state index contributed by atoms with van der Waals surface area (Å²) in [5.41, 5.74) is 2.21. The van der Waals surface area contributed by atoms with E-state index in [1.807, 2.05) is 38.1 Å². The summed E-state index contributed by atoms with van der Waals surface area (Å²) in [7, 11) is 0. The number of amides is 2. The lowest BCUT2D eigenvalue weighted by Crippen LogP contribution is -2.47. The minimum atomic E-state index is -0.820. The molecule has 0 radical (unpaired) electrons. The van der Waals surface area contributed by atoms with Gasteiger partial charge in [-0.15, -0.1) is 0 Å². The lowest BCUT2D eigenvalue weighted by atomic mass is 9.98. The highest BCUT2D eigenvalue weighted by atomic mass is 16.4. The number of aliphatic carboxylic acids is 1. The third kappa shape index (κ3) is 3.74. The number of carbonyl (C=O) groups is 2. The van der Waals surface area contributed by atoms with Crippen LogP contribution in [0, 0.1) is 12.8 Å². The van der Waals surface area contributed by atoms with Crippen LogP contribution in [0.5, 0.6) is 0 Å². The van der Waals surface area contributed by atoms with Gasteiger partial charge in [-0.1, -0.05) is 24.3 Å². The van der Waals surface area contributed by atoms with Gasteiger partial charge in [-0.05, 0) is 37.8 Å². The van der Waals surface area contributed by atoms with Crippen LogP contribution < -0.4 is 5.32 Å². The van der Waals surface area contributed by atoms with E-state index in [-0.39, 0.29) is 12.1 Å². The molecule has 0 aliphatic carbocycles. The van der Waals surface area contributed by atoms with Crippen molar-refractivity contribution < 1.29 is 14.7 Å². The van der Waals surface area contributed by atoms with Gasteiger partial charge in [-0.3, -0.25) is 4.79 Å². The van der Waals surface area contributed by atoms with E-state index >= 15 is 0 Å². The van der Waals surface area contributed by atoms with Crippen molar-refractivity contribution in [3.63, 3.8) is 0 Å². The Hall–Kier alpha value is -2.04. The Kier molecular flexibility index (Phi) is 4.83. The van der Waals surface area contributed by atoms with E-state index in [9.17, 15) is 9.59 Å². The Labute approximate surface area is 125 Å². The third-order valence-electron chi connectivity index (χ3n) is 4.05. The number of hydrogen-bond donors (Lipinski definition) is 2. The summed E-state index contributed by atoms with van der Waals surface area (Å²) >= 11 is 0. The molecule has 1 unspecified atom stereocenters. The summed E-state index contributed by atoms with van der Waals surface area (Å²) in [5.74, 6) is -1.27. The van der Waals surface area contributed by atoms with Crippen LogP contribution in [0.3, 0.4) is 0 Å². The van der Waals surface area contributed by atoms with Gasteiger partial charge >= 0.3 is 12.0 Å². The Morgan fingerprint density at radius 2 is 2.10 bits per heavy atom. The molecule has 1 heterocycles. The van der Waals surface area contributed by atoms with Gasteiger partial charge in [0.25, 0.3) is 0 Å². The van der Waals surface area contributed by atoms with E-state index in [4.69, 9.17) is 5.11 Å². The first-order valence-corrected chi connectivity index (χ1v) is 7.33. The van der Waals surface area contributed by atoms with E-state index < -0.39 is 11.9 Å². The lowest BCUT2D eigenvalue weighted by molar-refractivity contribution is -0.143. The number of nitrogens with zero attached hydrogens (tertiary/aromatic N) is 1. The predicted octanol–water partition coefficient (Wildman–Crippen LogP) is 2.56. The first-order valence-electron chi connectivity index (χ1n) is 7.33. The Morgan fingerprint density at radius 1 is 1.38 bits per heavy atom. The average molecular weight is 290 g/mol. The highest BCUT2D eigenvalue weighted by Crippen LogP contribution is 2.19. The van der Waals surface area contributed by atoms with E-state index in [1.165, 1.54) is 0 Å². The Bertz CT molecular complexity index is 530. The molecule has 2 amide bonds. The van der Waals surface area contributed by atoms with E-state index in [2.05, 4.69) is 5.32 Å². The molecule has 5 heteroatoms. The molecule has 21 heavy (non-hydrogen) atoms. The zero-order chi connectivity index (χ0) is 15.4. The molecule has 2 N–H and O–H groups in total. The van der Waals surface area contributed by atoms with Crippen molar-refractivity contribution in [2.24, 2.45) is 5.92 Å². The van der Waals surface area contributed by atoms with Crippen LogP contribution in [0.4, 0.5) is 4.79 Å². The summed E-state index contributed by atoms with van der Waals surface area (Å²) in [4.78, 5) is 24.9. The molecule has 0 aromatic heterocycles. The number of benzene rings is 1. The van der Waals surface area contributed by atoms with Crippen LogP contribution in [0.15, 0.2) is 24.3 Å². The molecule has 1 saturated heterocycles. The van der Waals surface area contributed by atoms with E-state index in [0.717, 1.165) is 17.5 Å². The van der Waals surface area contributed by atoms with Crippen LogP contribution in [0.2, 0.25) is 0 Å². The minimum absolute atomic E-state index is 0.0936. The largest absolute Gasteiger partial charge is 0.481 e. The molecule has 1 aliphatic heterocycles. The molecule has 0 bridgehead atoms. The summed E-state index contributed by atoms with van der Waals surface area (Å²) < 4.78 is 0. The maximum Gasteiger partial charge on any atom is 0.317 e. The zero-order valence-corrected chi connectivity index (χ0v) is 12.5. The summed E-state index contributed by atoms with van der Waals surface area (Å²) in [6.07, 6.45) is 1.38. The number of urea groups is 1. The fourth-order valence-corrected chi connectivity index (χ4v) is 2.79. The second-order valence-corrected chi connectivity index (χ2v) is 5.65. The molecule has 114 valence electrons. The van der Waals surface area contributed by atoms with Crippen LogP contribution >= 0.6 is 0 Å². The molecule has 1 fully saturated rings. The second kappa shape index (κ2) is 6.61. The molecule has 2 atom stereocenters. The number of nitrogens with one attached hydrogen (secondary N) is 1. The topological polar surface area (TPSA) is 69.6 Å². The summed E-state index contributed by atoms with van der Waals surface area (Å²) in [6.45, 7) is 4.87. The van der Waals surface area contributed by atoms with E-state index in [1.54, 1.807) is 4.90 Å². The first-order chi connectivity index (χ1) is 9.99. The number of carboxylic acid groups (broad SMARTS) is 1. The average Bonchev–Trinajstić information content (AvgIpc) is 2.47. The van der Waals surface area contributed by atoms with Gasteiger partial charge < -0.3 is 15.3 Å². The molecular weight excluding hydrogens is 268 g/mol. The third-order valence-corrected chi connectivity index (χ3v) is 4.05. The fourth-order valence-electron chi connectivity index (χ4n) is 2.79. The number of hydrogen-bond acceptors (Lipinski definition) is 2. The Balaban J connectivity index is 1.98. The van der Waals surface area contributed by atoms with Crippen molar-refractivity contribution in [3.05, 3.63) is 35.4 Å². The maximum atomic E-state index is 12.3. The number of carbonyl (C=O) groups excluding carboxylic acids is 1. The van der Waals surface area contributed by atoms with Crippen molar-refractivity contribution >= 4 is 12.0 Å². The number of carboxylic acids is 1. The van der Waals surface area contributed by atoms with Crippen molar-refractivity contribution in [2.45, 2.75) is 32.7 Å². The summed E-state index contributed by atoms with van der Waals surface area (Å²) in [5, 5.41) is 12.0. The van der Waals surface area contributed by atoms with Crippen LogP contribution in [-0.2, 0) is 4.79 Å². The van der Waals surface area contributed by atoms with Gasteiger partial charge in [0, 0.05) is 13.1 Å². The normalized spacial score (nSPS) is 19.9. The van der Waals surface area contributed by atoms with Gasteiger partial charge in [0.2, 0.25) is 0 Å². The molecule has 2 rings (SSSR count). The number of piperidine rings is 1. The smallest absolute Gasteiger partial charge is 0.317 e. The van der Waals surface area contributed by atoms with Gasteiger partial charge in [0.15, 0.2) is 0 Å². The van der Waals surface area contributed by atoms with Crippen molar-refractivity contribution in [2.75, 3.05) is 13.1 Å². The SMILES string of the molecule is Cc1ccccc1C(C)NC(=O)N1CCC[C@@H](C(=O)O)C1. The molecule has 1 aromatic rings. The van der Waals surface area contributed by atoms with Crippen LogP contribution in [0.25, 0.3) is 0 Å². The molecule has 0 spiro atoms. The monoisotopic (exact) mass is 290 g/mol. The highest BCUT2D eigenvalue weighted by molar-refractivity contribution is 5.77. The van der Waals surface area contributed by atoms with Crippen molar-refractivity contribution in [1.82, 2.24) is 10.2 Å². The van der Waals surface area contributed by atoms with Gasteiger partial charge in [0.1, 0.15) is 0 Å². The molecule has 1 aliphatic rings. The molecule has 5 nitrogen and oxygen atoms in total. The highest BCUT2D eigenvalue weighted by Gasteiger charge is 2.28. The number of aryl methyl sites for hydroxylation is 1.